The molecule has 1 saturated heterocycles. The normalized spacial score (nSPS) is 33.4. The topological polar surface area (TPSA) is 58.4 Å². The van der Waals surface area contributed by atoms with Crippen molar-refractivity contribution in [2.24, 2.45) is 5.73 Å². The van der Waals surface area contributed by atoms with Gasteiger partial charge in [-0.2, -0.15) is 0 Å². The molecule has 4 nitrogen and oxygen atoms in total. The highest BCUT2D eigenvalue weighted by atomic mass is 16.2. The largest absolute Gasteiger partial charge is 0.333 e. The number of nitrogens with zero attached hydrogens (tertiary/aromatic N) is 1. The van der Waals surface area contributed by atoms with E-state index in [9.17, 15) is 4.79 Å². The number of rotatable bonds is 0. The Balaban J connectivity index is 2.05. The van der Waals surface area contributed by atoms with E-state index in [4.69, 9.17) is 5.73 Å². The van der Waals surface area contributed by atoms with Crippen LogP contribution in [0.4, 0.5) is 4.79 Å². The van der Waals surface area contributed by atoms with Crippen molar-refractivity contribution in [1.82, 2.24) is 10.2 Å². The average Bonchev–Trinajstić information content (AvgIpc) is 2.52. The van der Waals surface area contributed by atoms with E-state index in [0.29, 0.717) is 0 Å². The zero-order valence-corrected chi connectivity index (χ0v) is 11.3. The quantitative estimate of drug-likeness (QED) is 0.677. The van der Waals surface area contributed by atoms with Gasteiger partial charge < -0.3 is 16.0 Å². The van der Waals surface area contributed by atoms with Gasteiger partial charge in [0, 0.05) is 17.6 Å². The number of fused-ring (bicyclic) bond motifs is 1. The number of carbonyl (C=O) groups is 1. The van der Waals surface area contributed by atoms with E-state index in [1.165, 1.54) is 12.8 Å². The molecule has 2 fully saturated rings. The number of carbonyl (C=O) groups excluding carboxylic acids is 1. The molecule has 0 aromatic carbocycles. The number of nitrogens with two attached hydrogens (primary N) is 1. The third-order valence-corrected chi connectivity index (χ3v) is 3.97. The number of likely N-dealkylation sites (tertiary alicyclic amines) is 1. The summed E-state index contributed by atoms with van der Waals surface area (Å²) in [5.74, 6) is 0. The maximum absolute atomic E-state index is 12.2. The standard InChI is InChI=1S/C13H25N3O/c1-12(2,3)15-11(17)16-9-8-13(14)7-5-4-6-10(13)16/h10H,4-9,14H2,1-3H3,(H,15,17). The minimum atomic E-state index is -0.175. The van der Waals surface area contributed by atoms with Gasteiger partial charge in [0.2, 0.25) is 0 Å². The molecule has 2 atom stereocenters. The molecule has 0 aromatic heterocycles. The van der Waals surface area contributed by atoms with Gasteiger partial charge >= 0.3 is 6.03 Å². The van der Waals surface area contributed by atoms with Crippen LogP contribution in [0.15, 0.2) is 0 Å². The van der Waals surface area contributed by atoms with Crippen molar-refractivity contribution in [1.29, 1.82) is 0 Å². The van der Waals surface area contributed by atoms with Crippen LogP contribution in [-0.4, -0.2) is 34.6 Å². The molecule has 2 unspecified atom stereocenters. The molecule has 1 saturated carbocycles. The molecule has 2 aliphatic rings. The second-order valence-electron chi connectivity index (χ2n) is 6.62. The minimum absolute atomic E-state index is 0.0525. The predicted octanol–water partition coefficient (Wildman–Crippen LogP) is 1.84. The van der Waals surface area contributed by atoms with Crippen LogP contribution in [0.2, 0.25) is 0 Å². The monoisotopic (exact) mass is 239 g/mol. The molecule has 2 rings (SSSR count). The lowest BCUT2D eigenvalue weighted by Gasteiger charge is -2.39. The van der Waals surface area contributed by atoms with Gasteiger partial charge in [0.05, 0.1) is 6.04 Å². The van der Waals surface area contributed by atoms with E-state index in [-0.39, 0.29) is 23.2 Å². The maximum Gasteiger partial charge on any atom is 0.318 e. The summed E-state index contributed by atoms with van der Waals surface area (Å²) in [5, 5.41) is 3.04. The van der Waals surface area contributed by atoms with Crippen LogP contribution in [0.5, 0.6) is 0 Å². The highest BCUT2D eigenvalue weighted by Gasteiger charge is 2.47. The molecule has 1 aliphatic heterocycles. The second-order valence-corrected chi connectivity index (χ2v) is 6.62. The van der Waals surface area contributed by atoms with Crippen molar-refractivity contribution in [3.05, 3.63) is 0 Å². The number of nitrogens with one attached hydrogen (secondary N) is 1. The summed E-state index contributed by atoms with van der Waals surface area (Å²) < 4.78 is 0. The molecule has 2 amide bonds. The Morgan fingerprint density at radius 2 is 2.06 bits per heavy atom. The maximum atomic E-state index is 12.2. The van der Waals surface area contributed by atoms with Gasteiger partial charge in [-0.25, -0.2) is 4.79 Å². The average molecular weight is 239 g/mol. The zero-order valence-electron chi connectivity index (χ0n) is 11.3. The van der Waals surface area contributed by atoms with E-state index >= 15 is 0 Å². The third kappa shape index (κ3) is 2.57. The molecule has 1 heterocycles. The first-order chi connectivity index (χ1) is 7.82. The first kappa shape index (κ1) is 12.7. The van der Waals surface area contributed by atoms with Crippen molar-refractivity contribution in [2.45, 2.75) is 70.0 Å². The van der Waals surface area contributed by atoms with Gasteiger partial charge in [0.25, 0.3) is 0 Å². The van der Waals surface area contributed by atoms with E-state index in [0.717, 1.165) is 25.8 Å². The molecule has 4 heteroatoms. The summed E-state index contributed by atoms with van der Waals surface area (Å²) in [6.45, 7) is 6.84. The first-order valence-corrected chi connectivity index (χ1v) is 6.69. The summed E-state index contributed by atoms with van der Waals surface area (Å²) in [4.78, 5) is 14.2. The molecule has 1 aliphatic carbocycles. The molecular weight excluding hydrogens is 214 g/mol. The van der Waals surface area contributed by atoms with Gasteiger partial charge in [-0.3, -0.25) is 0 Å². The first-order valence-electron chi connectivity index (χ1n) is 6.69. The van der Waals surface area contributed by atoms with Gasteiger partial charge in [-0.1, -0.05) is 12.8 Å². The molecule has 0 spiro atoms. The Labute approximate surface area is 104 Å². The van der Waals surface area contributed by atoms with Crippen molar-refractivity contribution < 1.29 is 4.79 Å². The Morgan fingerprint density at radius 1 is 1.35 bits per heavy atom. The van der Waals surface area contributed by atoms with Crippen LogP contribution in [0.1, 0.15) is 52.9 Å². The Hall–Kier alpha value is -0.770. The Bertz CT molecular complexity index is 310. The summed E-state index contributed by atoms with van der Waals surface area (Å²) >= 11 is 0. The lowest BCUT2D eigenvalue weighted by molar-refractivity contribution is 0.152. The Morgan fingerprint density at radius 3 is 2.71 bits per heavy atom. The third-order valence-electron chi connectivity index (χ3n) is 3.97. The van der Waals surface area contributed by atoms with Crippen molar-refractivity contribution in [2.75, 3.05) is 6.54 Å². The lowest BCUT2D eigenvalue weighted by Crippen LogP contribution is -2.57. The van der Waals surface area contributed by atoms with Gasteiger partial charge in [-0.05, 0) is 40.0 Å². The molecule has 3 N–H and O–H groups in total. The molecule has 98 valence electrons. The van der Waals surface area contributed by atoms with Crippen LogP contribution < -0.4 is 11.1 Å². The Kier molecular flexibility index (Phi) is 3.10. The number of hydrogen-bond donors (Lipinski definition) is 2. The number of hydrogen-bond acceptors (Lipinski definition) is 2. The van der Waals surface area contributed by atoms with Crippen molar-refractivity contribution >= 4 is 6.03 Å². The minimum Gasteiger partial charge on any atom is -0.333 e. The van der Waals surface area contributed by atoms with Crippen molar-refractivity contribution in [3.8, 4) is 0 Å². The van der Waals surface area contributed by atoms with Crippen LogP contribution in [0, 0.1) is 0 Å². The van der Waals surface area contributed by atoms with Crippen LogP contribution >= 0.6 is 0 Å². The van der Waals surface area contributed by atoms with Gasteiger partial charge in [-0.15, -0.1) is 0 Å². The fourth-order valence-electron chi connectivity index (χ4n) is 3.12. The second kappa shape index (κ2) is 4.16. The molecular formula is C13H25N3O. The van der Waals surface area contributed by atoms with E-state index < -0.39 is 0 Å². The van der Waals surface area contributed by atoms with Crippen molar-refractivity contribution in [3.63, 3.8) is 0 Å². The lowest BCUT2D eigenvalue weighted by atomic mass is 9.78. The van der Waals surface area contributed by atoms with Gasteiger partial charge in [0.1, 0.15) is 0 Å². The summed E-state index contributed by atoms with van der Waals surface area (Å²) in [5.41, 5.74) is 6.14. The number of amides is 2. The van der Waals surface area contributed by atoms with E-state index in [1.807, 2.05) is 25.7 Å². The molecule has 17 heavy (non-hydrogen) atoms. The summed E-state index contributed by atoms with van der Waals surface area (Å²) in [6, 6.07) is 0.301. The van der Waals surface area contributed by atoms with E-state index in [2.05, 4.69) is 5.32 Å². The zero-order chi connectivity index (χ0) is 12.7. The fourth-order valence-corrected chi connectivity index (χ4v) is 3.12. The smallest absolute Gasteiger partial charge is 0.318 e. The summed E-state index contributed by atoms with van der Waals surface area (Å²) in [6.07, 6.45) is 5.49. The molecule has 0 bridgehead atoms. The summed E-state index contributed by atoms with van der Waals surface area (Å²) in [7, 11) is 0. The molecule has 0 aromatic rings. The fraction of sp³-hybridized carbons (Fsp3) is 0.923. The molecule has 0 radical (unpaired) electrons. The highest BCUT2D eigenvalue weighted by molar-refractivity contribution is 5.76. The van der Waals surface area contributed by atoms with Crippen LogP contribution in [0.3, 0.4) is 0 Å². The number of urea groups is 1. The SMILES string of the molecule is CC(C)(C)NC(=O)N1CCC2(N)CCCCC12. The predicted molar refractivity (Wildman–Crippen MR) is 68.8 cm³/mol. The highest BCUT2D eigenvalue weighted by Crippen LogP contribution is 2.38. The van der Waals surface area contributed by atoms with Gasteiger partial charge in [0.15, 0.2) is 0 Å². The van der Waals surface area contributed by atoms with E-state index in [1.54, 1.807) is 0 Å². The van der Waals surface area contributed by atoms with Crippen LogP contribution in [-0.2, 0) is 0 Å². The van der Waals surface area contributed by atoms with Crippen LogP contribution in [0.25, 0.3) is 0 Å².